The predicted molar refractivity (Wildman–Crippen MR) is 59.1 cm³/mol. The predicted octanol–water partition coefficient (Wildman–Crippen LogP) is 1.72. The molecule has 0 saturated carbocycles. The number of hydrogen-bond donors (Lipinski definition) is 1. The minimum atomic E-state index is 0.447. The van der Waals surface area contributed by atoms with Gasteiger partial charge in [0.1, 0.15) is 0 Å². The quantitative estimate of drug-likeness (QED) is 0.530. The summed E-state index contributed by atoms with van der Waals surface area (Å²) < 4.78 is 5.36. The van der Waals surface area contributed by atoms with Gasteiger partial charge >= 0.3 is 0 Å². The molecule has 1 heterocycles. The van der Waals surface area contributed by atoms with E-state index in [9.17, 15) is 0 Å². The van der Waals surface area contributed by atoms with Gasteiger partial charge in [-0.2, -0.15) is 0 Å². The zero-order valence-electron chi connectivity index (χ0n) is 8.88. The molecule has 0 saturated heterocycles. The van der Waals surface area contributed by atoms with Crippen LogP contribution in [0.3, 0.4) is 0 Å². The van der Waals surface area contributed by atoms with Gasteiger partial charge in [0.15, 0.2) is 0 Å². The summed E-state index contributed by atoms with van der Waals surface area (Å²) in [5, 5.41) is 3.45. The first-order valence-corrected chi connectivity index (χ1v) is 5.29. The fourth-order valence-electron chi connectivity index (χ4n) is 1.51. The normalized spacial score (nSPS) is 18.4. The molecule has 0 aromatic carbocycles. The molecule has 0 amide bonds. The lowest BCUT2D eigenvalue weighted by molar-refractivity contribution is 0.148. The Morgan fingerprint density at radius 3 is 3.14 bits per heavy atom. The van der Waals surface area contributed by atoms with Crippen LogP contribution in [-0.4, -0.2) is 25.8 Å². The lowest BCUT2D eigenvalue weighted by atomic mass is 10.1. The average Bonchev–Trinajstić information content (AvgIpc) is 2.25. The van der Waals surface area contributed by atoms with Crippen LogP contribution in [0.2, 0.25) is 0 Å². The van der Waals surface area contributed by atoms with E-state index in [2.05, 4.69) is 24.2 Å². The average molecular weight is 193 g/mol. The molecule has 2 heteroatoms. The van der Waals surface area contributed by atoms with Crippen molar-refractivity contribution in [2.75, 3.05) is 19.8 Å². The minimum absolute atomic E-state index is 0.447. The summed E-state index contributed by atoms with van der Waals surface area (Å²) >= 11 is 0. The highest BCUT2D eigenvalue weighted by atomic mass is 16.5. The molecule has 14 heavy (non-hydrogen) atoms. The number of terminal acetylenes is 1. The molecule has 0 fully saturated rings. The molecule has 0 bridgehead atoms. The second-order valence-electron chi connectivity index (χ2n) is 3.60. The van der Waals surface area contributed by atoms with E-state index in [-0.39, 0.29) is 0 Å². The molecule has 1 aliphatic heterocycles. The van der Waals surface area contributed by atoms with Crippen LogP contribution in [0.1, 0.15) is 26.2 Å². The number of ether oxygens (including phenoxy) is 1. The van der Waals surface area contributed by atoms with E-state index in [1.807, 2.05) is 0 Å². The zero-order valence-corrected chi connectivity index (χ0v) is 8.88. The van der Waals surface area contributed by atoms with Crippen LogP contribution < -0.4 is 5.32 Å². The van der Waals surface area contributed by atoms with Gasteiger partial charge in [0.05, 0.1) is 13.2 Å². The van der Waals surface area contributed by atoms with Crippen molar-refractivity contribution in [1.82, 2.24) is 5.32 Å². The molecule has 1 unspecified atom stereocenters. The Hall–Kier alpha value is -0.780. The van der Waals surface area contributed by atoms with Crippen molar-refractivity contribution in [3.63, 3.8) is 0 Å². The van der Waals surface area contributed by atoms with Gasteiger partial charge in [0.2, 0.25) is 0 Å². The second-order valence-corrected chi connectivity index (χ2v) is 3.60. The van der Waals surface area contributed by atoms with Crippen LogP contribution in [0.5, 0.6) is 0 Å². The fraction of sp³-hybridized carbons (Fsp3) is 0.667. The third-order valence-corrected chi connectivity index (χ3v) is 2.46. The van der Waals surface area contributed by atoms with Crippen molar-refractivity contribution >= 4 is 0 Å². The van der Waals surface area contributed by atoms with Gasteiger partial charge in [-0.1, -0.05) is 13.0 Å². The second kappa shape index (κ2) is 6.64. The van der Waals surface area contributed by atoms with E-state index in [1.165, 1.54) is 5.57 Å². The largest absolute Gasteiger partial charge is 0.377 e. The number of rotatable bonds is 5. The van der Waals surface area contributed by atoms with Gasteiger partial charge in [-0.3, -0.25) is 0 Å². The summed E-state index contributed by atoms with van der Waals surface area (Å²) in [6, 6.07) is 0.447. The monoisotopic (exact) mass is 193 g/mol. The smallest absolute Gasteiger partial charge is 0.0689 e. The third-order valence-electron chi connectivity index (χ3n) is 2.46. The Labute approximate surface area is 86.7 Å². The number of nitrogens with one attached hydrogen (secondary N) is 1. The van der Waals surface area contributed by atoms with Crippen LogP contribution >= 0.6 is 0 Å². The molecule has 1 atom stereocenters. The van der Waals surface area contributed by atoms with Gasteiger partial charge in [-0.15, -0.1) is 12.3 Å². The molecule has 0 radical (unpaired) electrons. The van der Waals surface area contributed by atoms with E-state index >= 15 is 0 Å². The van der Waals surface area contributed by atoms with Crippen molar-refractivity contribution in [1.29, 1.82) is 0 Å². The molecule has 0 spiro atoms. The zero-order chi connectivity index (χ0) is 10.2. The van der Waals surface area contributed by atoms with Crippen molar-refractivity contribution in [2.45, 2.75) is 32.2 Å². The van der Waals surface area contributed by atoms with Gasteiger partial charge in [-0.25, -0.2) is 0 Å². The van der Waals surface area contributed by atoms with E-state index in [4.69, 9.17) is 11.2 Å². The Bertz CT molecular complexity index is 227. The topological polar surface area (TPSA) is 21.3 Å². The maximum absolute atomic E-state index is 5.36. The van der Waals surface area contributed by atoms with Gasteiger partial charge in [0, 0.05) is 19.0 Å². The van der Waals surface area contributed by atoms with E-state index < -0.39 is 0 Å². The highest BCUT2D eigenvalue weighted by Gasteiger charge is 2.07. The highest BCUT2D eigenvalue weighted by Crippen LogP contribution is 2.05. The Morgan fingerprint density at radius 2 is 2.57 bits per heavy atom. The molecule has 1 aliphatic rings. The van der Waals surface area contributed by atoms with Crippen LogP contribution in [0.4, 0.5) is 0 Å². The fourth-order valence-corrected chi connectivity index (χ4v) is 1.51. The molecule has 0 aromatic rings. The Kier molecular flexibility index (Phi) is 5.36. The van der Waals surface area contributed by atoms with Gasteiger partial charge < -0.3 is 10.1 Å². The molecule has 78 valence electrons. The van der Waals surface area contributed by atoms with Crippen LogP contribution in [0, 0.1) is 12.3 Å². The minimum Gasteiger partial charge on any atom is -0.377 e. The lowest BCUT2D eigenvalue weighted by Gasteiger charge is -2.18. The summed E-state index contributed by atoms with van der Waals surface area (Å²) in [6.07, 6.45) is 10.5. The lowest BCUT2D eigenvalue weighted by Crippen LogP contribution is -2.31. The van der Waals surface area contributed by atoms with Crippen LogP contribution in [0.25, 0.3) is 0 Å². The first-order chi connectivity index (χ1) is 6.86. The van der Waals surface area contributed by atoms with Gasteiger partial charge in [-0.05, 0) is 18.4 Å². The van der Waals surface area contributed by atoms with Crippen LogP contribution in [-0.2, 0) is 4.74 Å². The van der Waals surface area contributed by atoms with Crippen molar-refractivity contribution < 1.29 is 4.74 Å². The standard InChI is InChI=1S/C12H19NO/c1-3-6-12(4-2)13-9-11-7-5-8-14-10-11/h1,7,12-13H,4-6,8-10H2,2H3. The van der Waals surface area contributed by atoms with E-state index in [1.54, 1.807) is 0 Å². The first kappa shape index (κ1) is 11.3. The highest BCUT2D eigenvalue weighted by molar-refractivity contribution is 5.07. The molecular weight excluding hydrogens is 174 g/mol. The summed E-state index contributed by atoms with van der Waals surface area (Å²) in [4.78, 5) is 0. The Morgan fingerprint density at radius 1 is 1.71 bits per heavy atom. The van der Waals surface area contributed by atoms with Crippen molar-refractivity contribution in [3.05, 3.63) is 11.6 Å². The number of hydrogen-bond acceptors (Lipinski definition) is 2. The molecule has 0 aromatic heterocycles. The molecule has 1 rings (SSSR count). The summed E-state index contributed by atoms with van der Waals surface area (Å²) in [6.45, 7) is 4.71. The molecule has 0 aliphatic carbocycles. The van der Waals surface area contributed by atoms with E-state index in [0.717, 1.165) is 39.0 Å². The molecule has 1 N–H and O–H groups in total. The van der Waals surface area contributed by atoms with E-state index in [0.29, 0.717) is 6.04 Å². The Balaban J connectivity index is 2.24. The summed E-state index contributed by atoms with van der Waals surface area (Å²) in [5.74, 6) is 2.69. The first-order valence-electron chi connectivity index (χ1n) is 5.29. The maximum atomic E-state index is 5.36. The van der Waals surface area contributed by atoms with Gasteiger partial charge in [0.25, 0.3) is 0 Å². The summed E-state index contributed by atoms with van der Waals surface area (Å²) in [5.41, 5.74) is 1.35. The van der Waals surface area contributed by atoms with Crippen molar-refractivity contribution in [2.24, 2.45) is 0 Å². The van der Waals surface area contributed by atoms with Crippen LogP contribution in [0.15, 0.2) is 11.6 Å². The molecular formula is C12H19NO. The third kappa shape index (κ3) is 3.95. The van der Waals surface area contributed by atoms with Crippen molar-refractivity contribution in [3.8, 4) is 12.3 Å². The summed E-state index contributed by atoms with van der Waals surface area (Å²) in [7, 11) is 0. The SMILES string of the molecule is C#CCC(CC)NCC1=CCCOC1. The molecule has 2 nitrogen and oxygen atoms in total. The maximum Gasteiger partial charge on any atom is 0.0689 e.